The zero-order chi connectivity index (χ0) is 19.2. The Morgan fingerprint density at radius 2 is 2.15 bits per heavy atom. The Balaban J connectivity index is 1.52. The summed E-state index contributed by atoms with van der Waals surface area (Å²) >= 11 is 1.32. The molecule has 0 spiro atoms. The van der Waals surface area contributed by atoms with Crippen LogP contribution >= 0.6 is 11.3 Å². The number of amides is 1. The molecule has 0 saturated carbocycles. The molecule has 2 N–H and O–H groups in total. The largest absolute Gasteiger partial charge is 0.361 e. The summed E-state index contributed by atoms with van der Waals surface area (Å²) in [4.78, 5) is 21.0. The maximum atomic E-state index is 12.5. The molecule has 10 heteroatoms. The molecule has 27 heavy (non-hydrogen) atoms. The lowest BCUT2D eigenvalue weighted by Crippen LogP contribution is -2.42. The van der Waals surface area contributed by atoms with E-state index in [1.165, 1.54) is 34.0 Å². The van der Waals surface area contributed by atoms with Gasteiger partial charge < -0.3 is 4.98 Å². The molecule has 0 bridgehead atoms. The number of nitrogens with one attached hydrogen (secondary N) is 2. The fourth-order valence-corrected chi connectivity index (χ4v) is 5.19. The highest BCUT2D eigenvalue weighted by molar-refractivity contribution is 7.86. The molecule has 3 heterocycles. The summed E-state index contributed by atoms with van der Waals surface area (Å²) in [7, 11) is -0.424. The van der Waals surface area contributed by atoms with Crippen LogP contribution in [0.4, 0.5) is 5.13 Å². The van der Waals surface area contributed by atoms with Crippen LogP contribution in [0.25, 0.3) is 10.9 Å². The second-order valence-corrected chi connectivity index (χ2v) is 9.72. The van der Waals surface area contributed by atoms with Crippen LogP contribution < -0.4 is 5.32 Å². The zero-order valence-corrected chi connectivity index (χ0v) is 16.5. The van der Waals surface area contributed by atoms with Crippen LogP contribution in [-0.4, -0.2) is 53.5 Å². The number of fused-ring (bicyclic) bond motifs is 2. The summed E-state index contributed by atoms with van der Waals surface area (Å²) in [5.74, 6) is -0.240. The maximum Gasteiger partial charge on any atom is 0.281 e. The Morgan fingerprint density at radius 3 is 2.93 bits per heavy atom. The molecule has 1 aromatic carbocycles. The van der Waals surface area contributed by atoms with E-state index in [0.29, 0.717) is 23.7 Å². The van der Waals surface area contributed by atoms with Crippen molar-refractivity contribution in [3.63, 3.8) is 0 Å². The third-order valence-corrected chi connectivity index (χ3v) is 7.41. The average Bonchev–Trinajstić information content (AvgIpc) is 3.25. The molecule has 4 rings (SSSR count). The van der Waals surface area contributed by atoms with E-state index in [-0.39, 0.29) is 12.5 Å². The number of carbonyl (C=O) groups is 1. The highest BCUT2D eigenvalue weighted by Crippen LogP contribution is 2.30. The highest BCUT2D eigenvalue weighted by atomic mass is 32.2. The Kier molecular flexibility index (Phi) is 4.50. The first kappa shape index (κ1) is 18.1. The average molecular weight is 406 g/mol. The minimum Gasteiger partial charge on any atom is -0.361 e. The normalized spacial score (nSPS) is 15.2. The minimum absolute atomic E-state index is 0.240. The number of hydrogen-bond donors (Lipinski definition) is 2. The van der Waals surface area contributed by atoms with Gasteiger partial charge in [0.2, 0.25) is 0 Å². The second kappa shape index (κ2) is 6.71. The number of nitrogens with zero attached hydrogens (tertiary/aromatic N) is 3. The van der Waals surface area contributed by atoms with Gasteiger partial charge in [-0.2, -0.15) is 17.0 Å². The van der Waals surface area contributed by atoms with Crippen molar-refractivity contribution in [2.24, 2.45) is 0 Å². The first-order valence-electron chi connectivity index (χ1n) is 8.39. The van der Waals surface area contributed by atoms with E-state index in [0.717, 1.165) is 21.5 Å². The van der Waals surface area contributed by atoms with Gasteiger partial charge in [-0.1, -0.05) is 6.07 Å². The fourth-order valence-electron chi connectivity index (χ4n) is 3.01. The van der Waals surface area contributed by atoms with Gasteiger partial charge in [-0.15, -0.1) is 11.3 Å². The van der Waals surface area contributed by atoms with Crippen LogP contribution in [0.5, 0.6) is 0 Å². The SMILES string of the molecule is CN(C)S(=O)(=O)N1CCc2nc(NC(=O)c3ccc4cc[nH]c4c3)sc2C1. The van der Waals surface area contributed by atoms with Gasteiger partial charge in [-0.05, 0) is 23.6 Å². The standard InChI is InChI=1S/C17H19N5O3S2/c1-21(2)27(24,25)22-8-6-13-15(10-22)26-17(19-13)20-16(23)12-4-3-11-5-7-18-14(11)9-12/h3-5,7,9,18H,6,8,10H2,1-2H3,(H,19,20,23). The van der Waals surface area contributed by atoms with Gasteiger partial charge >= 0.3 is 0 Å². The Labute approximate surface area is 161 Å². The van der Waals surface area contributed by atoms with E-state index in [9.17, 15) is 13.2 Å². The number of rotatable bonds is 4. The van der Waals surface area contributed by atoms with Crippen molar-refractivity contribution >= 4 is 43.5 Å². The Bertz CT molecular complexity index is 1120. The van der Waals surface area contributed by atoms with E-state index in [1.807, 2.05) is 18.3 Å². The number of benzene rings is 1. The van der Waals surface area contributed by atoms with Gasteiger partial charge in [0.05, 0.1) is 12.2 Å². The van der Waals surface area contributed by atoms with Crippen molar-refractivity contribution in [3.8, 4) is 0 Å². The molecule has 0 atom stereocenters. The van der Waals surface area contributed by atoms with Crippen molar-refractivity contribution in [1.29, 1.82) is 0 Å². The molecule has 0 fully saturated rings. The van der Waals surface area contributed by atoms with Gasteiger partial charge in [0, 0.05) is 49.2 Å². The number of carbonyl (C=O) groups excluding carboxylic acids is 1. The van der Waals surface area contributed by atoms with E-state index in [2.05, 4.69) is 15.3 Å². The van der Waals surface area contributed by atoms with E-state index in [4.69, 9.17) is 0 Å². The van der Waals surface area contributed by atoms with Crippen LogP contribution in [-0.2, 0) is 23.2 Å². The molecule has 8 nitrogen and oxygen atoms in total. The lowest BCUT2D eigenvalue weighted by atomic mass is 10.1. The molecular weight excluding hydrogens is 386 g/mol. The van der Waals surface area contributed by atoms with Gasteiger partial charge in [0.25, 0.3) is 16.1 Å². The monoisotopic (exact) mass is 405 g/mol. The summed E-state index contributed by atoms with van der Waals surface area (Å²) in [6.07, 6.45) is 2.36. The molecule has 0 aliphatic carbocycles. The maximum absolute atomic E-state index is 12.5. The van der Waals surface area contributed by atoms with E-state index in [1.54, 1.807) is 12.1 Å². The molecule has 1 amide bonds. The van der Waals surface area contributed by atoms with Gasteiger partial charge in [-0.25, -0.2) is 4.98 Å². The molecule has 0 saturated heterocycles. The predicted octanol–water partition coefficient (Wildman–Crippen LogP) is 2.04. The number of aromatic amines is 1. The van der Waals surface area contributed by atoms with Crippen molar-refractivity contribution in [2.75, 3.05) is 26.0 Å². The highest BCUT2D eigenvalue weighted by Gasteiger charge is 2.30. The van der Waals surface area contributed by atoms with Crippen molar-refractivity contribution in [2.45, 2.75) is 13.0 Å². The van der Waals surface area contributed by atoms with Crippen LogP contribution in [0.3, 0.4) is 0 Å². The zero-order valence-electron chi connectivity index (χ0n) is 14.9. The first-order chi connectivity index (χ1) is 12.8. The van der Waals surface area contributed by atoms with Crippen molar-refractivity contribution in [1.82, 2.24) is 18.6 Å². The third-order valence-electron chi connectivity index (χ3n) is 4.52. The minimum atomic E-state index is -3.46. The van der Waals surface area contributed by atoms with Crippen LogP contribution in [0, 0.1) is 0 Å². The fraction of sp³-hybridized carbons (Fsp3) is 0.294. The molecule has 0 unspecified atom stereocenters. The van der Waals surface area contributed by atoms with E-state index >= 15 is 0 Å². The molecule has 1 aliphatic heterocycles. The topological polar surface area (TPSA) is 98.4 Å². The van der Waals surface area contributed by atoms with Gasteiger partial charge in [0.1, 0.15) is 0 Å². The molecular formula is C17H19N5O3S2. The number of anilines is 1. The smallest absolute Gasteiger partial charge is 0.281 e. The van der Waals surface area contributed by atoms with Crippen LogP contribution in [0.1, 0.15) is 20.9 Å². The third kappa shape index (κ3) is 3.36. The number of H-pyrrole nitrogens is 1. The molecule has 0 radical (unpaired) electrons. The lowest BCUT2D eigenvalue weighted by Gasteiger charge is -2.27. The van der Waals surface area contributed by atoms with Gasteiger partial charge in [0.15, 0.2) is 5.13 Å². The Morgan fingerprint density at radius 1 is 1.33 bits per heavy atom. The second-order valence-electron chi connectivity index (χ2n) is 6.50. The quantitative estimate of drug-likeness (QED) is 0.694. The van der Waals surface area contributed by atoms with Gasteiger partial charge in [-0.3, -0.25) is 10.1 Å². The number of hydrogen-bond acceptors (Lipinski definition) is 5. The molecule has 142 valence electrons. The predicted molar refractivity (Wildman–Crippen MR) is 105 cm³/mol. The summed E-state index contributed by atoms with van der Waals surface area (Å²) in [5.41, 5.74) is 2.28. The van der Waals surface area contributed by atoms with Crippen molar-refractivity contribution < 1.29 is 13.2 Å². The summed E-state index contributed by atoms with van der Waals surface area (Å²) in [6, 6.07) is 7.39. The lowest BCUT2D eigenvalue weighted by molar-refractivity contribution is 0.102. The molecule has 1 aliphatic rings. The van der Waals surface area contributed by atoms with Crippen molar-refractivity contribution in [3.05, 3.63) is 46.6 Å². The van der Waals surface area contributed by atoms with E-state index < -0.39 is 10.2 Å². The summed E-state index contributed by atoms with van der Waals surface area (Å²) in [5, 5.41) is 4.35. The van der Waals surface area contributed by atoms with Crippen LogP contribution in [0.2, 0.25) is 0 Å². The molecule has 2 aromatic heterocycles. The number of aromatic nitrogens is 2. The molecule has 3 aromatic rings. The first-order valence-corrected chi connectivity index (χ1v) is 10.6. The number of thiazole rings is 1. The Hall–Kier alpha value is -2.27. The van der Waals surface area contributed by atoms with Crippen LogP contribution in [0.15, 0.2) is 30.5 Å². The summed E-state index contributed by atoms with van der Waals surface area (Å²) < 4.78 is 27.3. The summed E-state index contributed by atoms with van der Waals surface area (Å²) in [6.45, 7) is 0.659.